The Morgan fingerprint density at radius 3 is 2.67 bits per heavy atom. The van der Waals surface area contributed by atoms with E-state index in [4.69, 9.17) is 0 Å². The third kappa shape index (κ3) is 2.11. The molecule has 0 amide bonds. The summed E-state index contributed by atoms with van der Waals surface area (Å²) in [5.41, 5.74) is 0.972. The van der Waals surface area contributed by atoms with Crippen molar-refractivity contribution in [3.05, 3.63) is 36.8 Å². The predicted molar refractivity (Wildman–Crippen MR) is 54.1 cm³/mol. The SMILES string of the molecule is Oc1c[nH]c2ccccc12.c1nnn[nH]1. The lowest BCUT2D eigenvalue weighted by Gasteiger charge is -1.86. The molecule has 76 valence electrons. The number of H-pyrrole nitrogens is 2. The van der Waals surface area contributed by atoms with E-state index in [2.05, 4.69) is 25.6 Å². The molecule has 3 N–H and O–H groups in total. The van der Waals surface area contributed by atoms with Crippen LogP contribution in [-0.2, 0) is 0 Å². The maximum Gasteiger partial charge on any atom is 0.140 e. The largest absolute Gasteiger partial charge is 0.506 e. The number of nitrogens with one attached hydrogen (secondary N) is 2. The van der Waals surface area contributed by atoms with Crippen molar-refractivity contribution in [2.75, 3.05) is 0 Å². The van der Waals surface area contributed by atoms with Crippen LogP contribution in [0.4, 0.5) is 0 Å². The molecular weight excluding hydrogens is 194 g/mol. The average molecular weight is 203 g/mol. The van der Waals surface area contributed by atoms with Gasteiger partial charge in [0.25, 0.3) is 0 Å². The van der Waals surface area contributed by atoms with Gasteiger partial charge in [-0.1, -0.05) is 12.1 Å². The number of benzene rings is 1. The van der Waals surface area contributed by atoms with Gasteiger partial charge in [-0.15, -0.1) is 5.10 Å². The molecule has 15 heavy (non-hydrogen) atoms. The molecule has 0 fully saturated rings. The smallest absolute Gasteiger partial charge is 0.140 e. The van der Waals surface area contributed by atoms with Crippen LogP contribution < -0.4 is 0 Å². The van der Waals surface area contributed by atoms with E-state index < -0.39 is 0 Å². The second kappa shape index (κ2) is 4.23. The Bertz CT molecular complexity index is 499. The highest BCUT2D eigenvalue weighted by molar-refractivity contribution is 5.85. The van der Waals surface area contributed by atoms with Gasteiger partial charge in [-0.2, -0.15) is 0 Å². The molecule has 0 spiro atoms. The first-order valence-electron chi connectivity index (χ1n) is 4.30. The Morgan fingerprint density at radius 1 is 1.20 bits per heavy atom. The summed E-state index contributed by atoms with van der Waals surface area (Å²) in [4.78, 5) is 2.94. The van der Waals surface area contributed by atoms with E-state index in [1.807, 2.05) is 24.3 Å². The highest BCUT2D eigenvalue weighted by atomic mass is 16.3. The second-order valence-electron chi connectivity index (χ2n) is 2.78. The number of hydrogen-bond donors (Lipinski definition) is 3. The number of tetrazole rings is 1. The minimum absolute atomic E-state index is 0.315. The molecule has 0 unspecified atom stereocenters. The summed E-state index contributed by atoms with van der Waals surface area (Å²) in [5.74, 6) is 0.315. The molecule has 2 aromatic heterocycles. The molecule has 0 saturated carbocycles. The van der Waals surface area contributed by atoms with Crippen LogP contribution in [0.1, 0.15) is 0 Å². The number of aromatic amines is 2. The molecule has 0 aliphatic rings. The highest BCUT2D eigenvalue weighted by Crippen LogP contribution is 2.22. The van der Waals surface area contributed by atoms with Crippen molar-refractivity contribution in [2.24, 2.45) is 0 Å². The van der Waals surface area contributed by atoms with Gasteiger partial charge >= 0.3 is 0 Å². The van der Waals surface area contributed by atoms with Crippen molar-refractivity contribution < 1.29 is 5.11 Å². The van der Waals surface area contributed by atoms with Crippen molar-refractivity contribution in [3.63, 3.8) is 0 Å². The fourth-order valence-corrected chi connectivity index (χ4v) is 1.19. The summed E-state index contributed by atoms with van der Waals surface area (Å²) in [6.45, 7) is 0. The molecule has 2 heterocycles. The zero-order valence-electron chi connectivity index (χ0n) is 7.75. The Labute approximate surface area is 85.0 Å². The van der Waals surface area contributed by atoms with Crippen molar-refractivity contribution in [1.82, 2.24) is 25.6 Å². The van der Waals surface area contributed by atoms with Gasteiger partial charge in [0.05, 0.1) is 0 Å². The Balaban J connectivity index is 0.000000144. The molecule has 6 heteroatoms. The van der Waals surface area contributed by atoms with E-state index in [-0.39, 0.29) is 0 Å². The van der Waals surface area contributed by atoms with Crippen LogP contribution in [0.15, 0.2) is 36.8 Å². The minimum atomic E-state index is 0.315. The number of aromatic hydroxyl groups is 1. The van der Waals surface area contributed by atoms with E-state index in [9.17, 15) is 5.11 Å². The number of para-hydroxylation sites is 1. The van der Waals surface area contributed by atoms with Crippen LogP contribution in [-0.4, -0.2) is 30.7 Å². The summed E-state index contributed by atoms with van der Waals surface area (Å²) in [5, 5.41) is 22.2. The second-order valence-corrected chi connectivity index (χ2v) is 2.78. The van der Waals surface area contributed by atoms with Crippen molar-refractivity contribution >= 4 is 10.9 Å². The van der Waals surface area contributed by atoms with E-state index in [0.29, 0.717) is 5.75 Å². The van der Waals surface area contributed by atoms with Crippen LogP contribution in [0.2, 0.25) is 0 Å². The summed E-state index contributed by atoms with van der Waals surface area (Å²) in [6.07, 6.45) is 2.99. The maximum absolute atomic E-state index is 9.18. The Kier molecular flexibility index (Phi) is 2.59. The summed E-state index contributed by atoms with van der Waals surface area (Å²) in [6, 6.07) is 7.63. The van der Waals surface area contributed by atoms with Gasteiger partial charge in [-0.25, -0.2) is 5.10 Å². The average Bonchev–Trinajstić information content (AvgIpc) is 2.92. The van der Waals surface area contributed by atoms with Gasteiger partial charge in [0.2, 0.25) is 0 Å². The van der Waals surface area contributed by atoms with Gasteiger partial charge < -0.3 is 10.1 Å². The molecule has 1 aromatic carbocycles. The van der Waals surface area contributed by atoms with Crippen molar-refractivity contribution in [2.45, 2.75) is 0 Å². The van der Waals surface area contributed by atoms with E-state index in [1.165, 1.54) is 6.33 Å². The fourth-order valence-electron chi connectivity index (χ4n) is 1.19. The van der Waals surface area contributed by atoms with Gasteiger partial charge in [-0.3, -0.25) is 0 Å². The molecule has 0 atom stereocenters. The normalized spacial score (nSPS) is 9.60. The quantitative estimate of drug-likeness (QED) is 0.509. The summed E-state index contributed by atoms with van der Waals surface area (Å²) < 4.78 is 0. The van der Waals surface area contributed by atoms with Gasteiger partial charge in [-0.05, 0) is 22.6 Å². The van der Waals surface area contributed by atoms with Gasteiger partial charge in [0.1, 0.15) is 12.1 Å². The van der Waals surface area contributed by atoms with Crippen LogP contribution in [0.25, 0.3) is 10.9 Å². The number of hydrogen-bond acceptors (Lipinski definition) is 4. The third-order valence-corrected chi connectivity index (χ3v) is 1.84. The lowest BCUT2D eigenvalue weighted by atomic mass is 10.2. The van der Waals surface area contributed by atoms with E-state index in [1.54, 1.807) is 6.20 Å². The lowest BCUT2D eigenvalue weighted by Crippen LogP contribution is -1.64. The topological polar surface area (TPSA) is 90.5 Å². The van der Waals surface area contributed by atoms with Crippen LogP contribution in [0.3, 0.4) is 0 Å². The zero-order valence-corrected chi connectivity index (χ0v) is 7.75. The predicted octanol–water partition coefficient (Wildman–Crippen LogP) is 1.07. The highest BCUT2D eigenvalue weighted by Gasteiger charge is 1.97. The maximum atomic E-state index is 9.18. The van der Waals surface area contributed by atoms with Crippen LogP contribution in [0.5, 0.6) is 5.75 Å². The first-order valence-corrected chi connectivity index (χ1v) is 4.30. The molecule has 0 saturated heterocycles. The lowest BCUT2D eigenvalue weighted by molar-refractivity contribution is 0.481. The first-order chi connectivity index (χ1) is 7.38. The molecule has 3 rings (SSSR count). The summed E-state index contributed by atoms with van der Waals surface area (Å²) in [7, 11) is 0. The molecule has 0 aliphatic heterocycles. The van der Waals surface area contributed by atoms with E-state index >= 15 is 0 Å². The van der Waals surface area contributed by atoms with Crippen molar-refractivity contribution in [3.8, 4) is 5.75 Å². The van der Waals surface area contributed by atoms with Crippen LogP contribution >= 0.6 is 0 Å². The minimum Gasteiger partial charge on any atom is -0.506 e. The molecular formula is C9H9N5O. The molecule has 0 aliphatic carbocycles. The molecule has 3 aromatic rings. The molecule has 0 bridgehead atoms. The standard InChI is InChI=1S/C8H7NO.CH2N4/c10-8-5-9-7-4-2-1-3-6(7)8;1-2-4-5-3-1/h1-5,9-10H;1H,(H,2,3,4,5). The molecule has 0 radical (unpaired) electrons. The van der Waals surface area contributed by atoms with Gasteiger partial charge in [0.15, 0.2) is 0 Å². The zero-order chi connectivity index (χ0) is 10.5. The fraction of sp³-hybridized carbons (Fsp3) is 0. The number of aromatic nitrogens is 5. The summed E-state index contributed by atoms with van der Waals surface area (Å²) >= 11 is 0. The van der Waals surface area contributed by atoms with Gasteiger partial charge in [0, 0.05) is 17.1 Å². The third-order valence-electron chi connectivity index (χ3n) is 1.84. The number of rotatable bonds is 0. The first kappa shape index (κ1) is 9.20. The molecule has 6 nitrogen and oxygen atoms in total. The van der Waals surface area contributed by atoms with Crippen molar-refractivity contribution in [1.29, 1.82) is 0 Å². The Morgan fingerprint density at radius 2 is 2.07 bits per heavy atom. The van der Waals surface area contributed by atoms with E-state index in [0.717, 1.165) is 10.9 Å². The Hall–Kier alpha value is -2.37. The van der Waals surface area contributed by atoms with Crippen LogP contribution in [0, 0.1) is 0 Å². The number of fused-ring (bicyclic) bond motifs is 1. The monoisotopic (exact) mass is 203 g/mol. The number of nitrogens with zero attached hydrogens (tertiary/aromatic N) is 3.